The number of rotatable bonds is 6. The summed E-state index contributed by atoms with van der Waals surface area (Å²) in [6, 6.07) is 3.01. The number of hydrogen-bond donors (Lipinski definition) is 3. The lowest BCUT2D eigenvalue weighted by Crippen LogP contribution is -2.43. The Morgan fingerprint density at radius 1 is 1.33 bits per heavy atom. The molecule has 134 valence electrons. The Kier molecular flexibility index (Phi) is 6.00. The van der Waals surface area contributed by atoms with Crippen LogP contribution in [0.1, 0.15) is 19.8 Å². The fraction of sp³-hybridized carbons (Fsp3) is 0.533. The van der Waals surface area contributed by atoms with Crippen molar-refractivity contribution >= 4 is 27.4 Å². The summed E-state index contributed by atoms with van der Waals surface area (Å²) in [6.45, 7) is 4.68. The fourth-order valence-corrected chi connectivity index (χ4v) is 3.23. The molecule has 0 aromatic heterocycles. The van der Waals surface area contributed by atoms with Gasteiger partial charge in [0.05, 0.1) is 17.6 Å². The van der Waals surface area contributed by atoms with E-state index in [9.17, 15) is 17.6 Å². The summed E-state index contributed by atoms with van der Waals surface area (Å²) in [7, 11) is -3.47. The SMILES string of the molecule is CC(CN1CCCC1)NC(=O)Nc1cc(NS(C)(=O)=O)ccc1F. The van der Waals surface area contributed by atoms with Crippen molar-refractivity contribution in [3.05, 3.63) is 24.0 Å². The first-order chi connectivity index (χ1) is 11.2. The molecule has 1 aliphatic rings. The number of halogens is 1. The van der Waals surface area contributed by atoms with Gasteiger partial charge in [-0.1, -0.05) is 0 Å². The summed E-state index contributed by atoms with van der Waals surface area (Å²) < 4.78 is 38.5. The minimum atomic E-state index is -3.47. The van der Waals surface area contributed by atoms with Crippen molar-refractivity contribution in [1.29, 1.82) is 0 Å². The molecular weight excluding hydrogens is 335 g/mol. The summed E-state index contributed by atoms with van der Waals surface area (Å²) in [5.41, 5.74) is 0.0915. The average molecular weight is 358 g/mol. The van der Waals surface area contributed by atoms with Gasteiger partial charge < -0.3 is 15.5 Å². The number of nitrogens with zero attached hydrogens (tertiary/aromatic N) is 1. The van der Waals surface area contributed by atoms with Crippen LogP contribution in [0, 0.1) is 5.82 Å². The maximum atomic E-state index is 13.8. The minimum absolute atomic E-state index is 0.0801. The Morgan fingerprint density at radius 2 is 2.00 bits per heavy atom. The molecule has 1 aromatic rings. The van der Waals surface area contributed by atoms with Gasteiger partial charge in [0.1, 0.15) is 5.82 Å². The second kappa shape index (κ2) is 7.80. The van der Waals surface area contributed by atoms with E-state index in [4.69, 9.17) is 0 Å². The van der Waals surface area contributed by atoms with Gasteiger partial charge in [-0.3, -0.25) is 4.72 Å². The molecule has 2 amide bonds. The number of amides is 2. The largest absolute Gasteiger partial charge is 0.334 e. The summed E-state index contributed by atoms with van der Waals surface area (Å²) in [6.07, 6.45) is 3.34. The summed E-state index contributed by atoms with van der Waals surface area (Å²) in [5.74, 6) is -0.642. The van der Waals surface area contributed by atoms with E-state index in [1.165, 1.54) is 25.0 Å². The van der Waals surface area contributed by atoms with Crippen molar-refractivity contribution in [3.63, 3.8) is 0 Å². The Hall–Kier alpha value is -1.87. The molecule has 9 heteroatoms. The van der Waals surface area contributed by atoms with Crippen LogP contribution < -0.4 is 15.4 Å². The van der Waals surface area contributed by atoms with E-state index < -0.39 is 21.9 Å². The van der Waals surface area contributed by atoms with Crippen LogP contribution in [0.25, 0.3) is 0 Å². The third-order valence-electron chi connectivity index (χ3n) is 3.63. The van der Waals surface area contributed by atoms with Crippen molar-refractivity contribution in [2.24, 2.45) is 0 Å². The molecule has 0 radical (unpaired) electrons. The average Bonchev–Trinajstić information content (AvgIpc) is 2.93. The Bertz CT molecular complexity index is 690. The zero-order valence-electron chi connectivity index (χ0n) is 13.8. The summed E-state index contributed by atoms with van der Waals surface area (Å²) in [4.78, 5) is 14.3. The van der Waals surface area contributed by atoms with Gasteiger partial charge in [-0.25, -0.2) is 17.6 Å². The first kappa shape index (κ1) is 18.5. The number of sulfonamides is 1. The highest BCUT2D eigenvalue weighted by atomic mass is 32.2. The lowest BCUT2D eigenvalue weighted by Gasteiger charge is -2.21. The third-order valence-corrected chi connectivity index (χ3v) is 4.23. The van der Waals surface area contributed by atoms with Gasteiger partial charge in [-0.15, -0.1) is 0 Å². The van der Waals surface area contributed by atoms with Crippen molar-refractivity contribution in [2.45, 2.75) is 25.8 Å². The molecule has 2 rings (SSSR count). The summed E-state index contributed by atoms with van der Waals surface area (Å²) in [5, 5.41) is 5.17. The van der Waals surface area contributed by atoms with Crippen LogP contribution in [-0.2, 0) is 10.0 Å². The van der Waals surface area contributed by atoms with E-state index in [2.05, 4.69) is 20.3 Å². The number of carbonyl (C=O) groups excluding carboxylic acids is 1. The summed E-state index contributed by atoms with van der Waals surface area (Å²) >= 11 is 0. The van der Waals surface area contributed by atoms with Crippen molar-refractivity contribution in [2.75, 3.05) is 35.9 Å². The van der Waals surface area contributed by atoms with Crippen LogP contribution in [0.4, 0.5) is 20.6 Å². The topological polar surface area (TPSA) is 90.5 Å². The second-order valence-electron chi connectivity index (χ2n) is 6.08. The predicted octanol–water partition coefficient (Wildman–Crippen LogP) is 1.80. The maximum Gasteiger partial charge on any atom is 0.319 e. The maximum absolute atomic E-state index is 13.8. The standard InChI is InChI=1S/C15H23FN4O3S/c1-11(10-20-7-3-4-8-20)17-15(21)18-14-9-12(5-6-13(14)16)19-24(2,22)23/h5-6,9,11,19H,3-4,7-8,10H2,1-2H3,(H2,17,18,21). The second-order valence-corrected chi connectivity index (χ2v) is 7.82. The lowest BCUT2D eigenvalue weighted by atomic mass is 10.2. The predicted molar refractivity (Wildman–Crippen MR) is 92.2 cm³/mol. The molecule has 0 saturated carbocycles. The number of anilines is 2. The highest BCUT2D eigenvalue weighted by Crippen LogP contribution is 2.20. The van der Waals surface area contributed by atoms with E-state index >= 15 is 0 Å². The molecule has 1 saturated heterocycles. The van der Waals surface area contributed by atoms with Gasteiger partial charge in [0.15, 0.2) is 0 Å². The molecule has 0 spiro atoms. The van der Waals surface area contributed by atoms with Gasteiger partial charge >= 0.3 is 6.03 Å². The number of urea groups is 1. The molecule has 0 aliphatic carbocycles. The number of carbonyl (C=O) groups is 1. The first-order valence-corrected chi connectivity index (χ1v) is 9.69. The molecule has 7 nitrogen and oxygen atoms in total. The van der Waals surface area contributed by atoms with Crippen molar-refractivity contribution < 1.29 is 17.6 Å². The molecule has 1 unspecified atom stereocenters. The molecule has 1 heterocycles. The quantitative estimate of drug-likeness (QED) is 0.723. The van der Waals surface area contributed by atoms with Gasteiger partial charge in [-0.2, -0.15) is 0 Å². The third kappa shape index (κ3) is 5.97. The van der Waals surface area contributed by atoms with Crippen molar-refractivity contribution in [3.8, 4) is 0 Å². The number of likely N-dealkylation sites (tertiary alicyclic amines) is 1. The number of benzene rings is 1. The van der Waals surface area contributed by atoms with E-state index in [0.29, 0.717) is 0 Å². The van der Waals surface area contributed by atoms with Gasteiger partial charge in [0.2, 0.25) is 10.0 Å². The first-order valence-electron chi connectivity index (χ1n) is 7.80. The Labute approximate surface area is 141 Å². The highest BCUT2D eigenvalue weighted by molar-refractivity contribution is 7.92. The monoisotopic (exact) mass is 358 g/mol. The van der Waals surface area contributed by atoms with Gasteiger partial charge in [0, 0.05) is 12.6 Å². The normalized spacial score (nSPS) is 16.6. The molecule has 1 fully saturated rings. The van der Waals surface area contributed by atoms with E-state index in [1.807, 2.05) is 6.92 Å². The zero-order chi connectivity index (χ0) is 17.7. The molecule has 1 aliphatic heterocycles. The Morgan fingerprint density at radius 3 is 2.62 bits per heavy atom. The van der Waals surface area contributed by atoms with Crippen LogP contribution in [0.3, 0.4) is 0 Å². The van der Waals surface area contributed by atoms with Crippen LogP contribution >= 0.6 is 0 Å². The molecule has 1 atom stereocenters. The molecule has 0 bridgehead atoms. The number of nitrogens with one attached hydrogen (secondary N) is 3. The molecule has 3 N–H and O–H groups in total. The van der Waals surface area contributed by atoms with Crippen LogP contribution in [0.2, 0.25) is 0 Å². The molecular formula is C15H23FN4O3S. The van der Waals surface area contributed by atoms with E-state index in [-0.39, 0.29) is 17.4 Å². The van der Waals surface area contributed by atoms with Crippen molar-refractivity contribution in [1.82, 2.24) is 10.2 Å². The van der Waals surface area contributed by atoms with Gasteiger partial charge in [-0.05, 0) is 51.1 Å². The van der Waals surface area contributed by atoms with Gasteiger partial charge in [0.25, 0.3) is 0 Å². The van der Waals surface area contributed by atoms with Crippen LogP contribution in [-0.4, -0.2) is 51.3 Å². The fourth-order valence-electron chi connectivity index (χ4n) is 2.68. The smallest absolute Gasteiger partial charge is 0.319 e. The zero-order valence-corrected chi connectivity index (χ0v) is 14.6. The minimum Gasteiger partial charge on any atom is -0.334 e. The molecule has 1 aromatic carbocycles. The van der Waals surface area contributed by atoms with Crippen LogP contribution in [0.5, 0.6) is 0 Å². The highest BCUT2D eigenvalue weighted by Gasteiger charge is 2.16. The molecule has 24 heavy (non-hydrogen) atoms. The van der Waals surface area contributed by atoms with E-state index in [0.717, 1.165) is 32.0 Å². The number of hydrogen-bond acceptors (Lipinski definition) is 4. The Balaban J connectivity index is 1.93. The van der Waals surface area contributed by atoms with E-state index in [1.54, 1.807) is 0 Å². The lowest BCUT2D eigenvalue weighted by molar-refractivity contribution is 0.242. The van der Waals surface area contributed by atoms with Crippen LogP contribution in [0.15, 0.2) is 18.2 Å².